The molecule has 1 aromatic rings. The van der Waals surface area contributed by atoms with Gasteiger partial charge in [0, 0.05) is 30.5 Å². The molecule has 53 heavy (non-hydrogen) atoms. The highest BCUT2D eigenvalue weighted by Gasteiger charge is 2.36. The number of nitrogen functional groups attached to an aromatic ring is 1. The third kappa shape index (κ3) is 17.3. The normalized spacial score (nSPS) is 18.2. The molecule has 1 saturated heterocycles. The van der Waals surface area contributed by atoms with Crippen LogP contribution in [0.15, 0.2) is 11.0 Å². The van der Waals surface area contributed by atoms with Crippen molar-refractivity contribution in [3.63, 3.8) is 0 Å². The summed E-state index contributed by atoms with van der Waals surface area (Å²) < 4.78 is 12.5. The maximum atomic E-state index is 12.5. The third-order valence-electron chi connectivity index (χ3n) is 7.06. The van der Waals surface area contributed by atoms with Crippen LogP contribution in [-0.4, -0.2) is 121 Å². The molecule has 0 bridgehead atoms. The Balaban J connectivity index is 1.71. The number of nitrogens with zero attached hydrogens (tertiary/aromatic N) is 2. The Bertz CT molecular complexity index is 1600. The number of carbonyl (C=O) groups excluding carboxylic acids is 3. The van der Waals surface area contributed by atoms with Crippen LogP contribution in [0.25, 0.3) is 0 Å². The molecular weight excluding hydrogens is 799 g/mol. The molecule has 20 nitrogen and oxygen atoms in total. The van der Waals surface area contributed by atoms with E-state index in [1.54, 1.807) is 0 Å². The zero-order chi connectivity index (χ0) is 39.7. The number of rotatable bonds is 22. The monoisotopic (exact) mass is 841 g/mol. The second kappa shape index (κ2) is 23.6. The van der Waals surface area contributed by atoms with Gasteiger partial charge in [0.15, 0.2) is 0 Å². The van der Waals surface area contributed by atoms with Crippen LogP contribution in [0, 0.1) is 11.8 Å². The van der Waals surface area contributed by atoms with Crippen LogP contribution in [0.4, 0.5) is 5.82 Å². The molecule has 25 heteroatoms. The average molecular weight is 842 g/mol. The first-order valence-corrected chi connectivity index (χ1v) is 22.6. The van der Waals surface area contributed by atoms with Crippen molar-refractivity contribution in [1.82, 2.24) is 25.5 Å². The zero-order valence-electron chi connectivity index (χ0n) is 28.0. The largest absolute Gasteiger partial charge is 0.481 e. The Morgan fingerprint density at radius 3 is 2.36 bits per heavy atom. The topological polar surface area (TPSA) is 325 Å². The molecule has 1 fully saturated rings. The smallest absolute Gasteiger partial charge is 0.351 e. The zero-order valence-corrected chi connectivity index (χ0v) is 32.9. The van der Waals surface area contributed by atoms with Gasteiger partial charge in [0.1, 0.15) is 30.2 Å². The molecule has 0 saturated carbocycles. The summed E-state index contributed by atoms with van der Waals surface area (Å²) in [5.41, 5.74) is 11.3. The molecule has 0 spiro atoms. The maximum Gasteiger partial charge on any atom is 0.351 e. The van der Waals surface area contributed by atoms with E-state index >= 15 is 0 Å². The predicted octanol–water partition coefficient (Wildman–Crippen LogP) is -1.18. The number of hydrogen-bond acceptors (Lipinski definition) is 15. The van der Waals surface area contributed by atoms with E-state index in [9.17, 15) is 38.7 Å². The van der Waals surface area contributed by atoms with Crippen molar-refractivity contribution in [2.24, 2.45) is 5.73 Å². The van der Waals surface area contributed by atoms with E-state index in [0.29, 0.717) is 17.9 Å². The van der Waals surface area contributed by atoms with Gasteiger partial charge in [-0.15, -0.1) is 0 Å². The number of carboxylic acid groups (broad SMARTS) is 3. The molecule has 8 unspecified atom stereocenters. The molecule has 294 valence electrons. The highest BCUT2D eigenvalue weighted by atomic mass is 33.1. The minimum atomic E-state index is -1.84. The highest BCUT2D eigenvalue weighted by Crippen LogP contribution is 2.54. The van der Waals surface area contributed by atoms with E-state index in [2.05, 4.69) is 45.3 Å². The predicted molar refractivity (Wildman–Crippen MR) is 202 cm³/mol. The van der Waals surface area contributed by atoms with Gasteiger partial charge in [-0.1, -0.05) is 51.3 Å². The number of carboxylic acids is 3. The molecule has 0 radical (unpaired) electrons. The molecule has 1 aromatic heterocycles. The number of aliphatic hydroxyl groups is 1. The van der Waals surface area contributed by atoms with Crippen molar-refractivity contribution < 1.29 is 58.5 Å². The lowest BCUT2D eigenvalue weighted by Gasteiger charge is -2.21. The number of hydrogen-bond donors (Lipinski definition) is 9. The molecule has 0 aliphatic carbocycles. The van der Waals surface area contributed by atoms with Gasteiger partial charge in [-0.05, 0) is 12.8 Å². The Morgan fingerprint density at radius 2 is 1.72 bits per heavy atom. The molecule has 1 aliphatic heterocycles. The standard InChI is InChI=1S/C28H42N7O13P3S2/c29-15(25(42)32-16(9-22(38)39)26(43)33-17(27(44)45)10-23(40)41)4-2-7-52-53-8-5-20(37)31-6-1-3-14-12-35(28(46)34-24(14)30)21-11-18(36)19(48-21)13-47-51(49)50/h12,15-19,21,36H,2,4-11,13,29,49-50H2,(H,31,37)(H,32,42)(H,33,43)(H,38,39)(H,40,41)(H,44,45)(H2,30,34,46). The number of aliphatic carboxylic acids is 3. The van der Waals surface area contributed by atoms with Gasteiger partial charge in [-0.3, -0.25) is 28.5 Å². The van der Waals surface area contributed by atoms with E-state index < -0.39 is 92.3 Å². The lowest BCUT2D eigenvalue weighted by Crippen LogP contribution is -2.55. The van der Waals surface area contributed by atoms with Crippen molar-refractivity contribution in [2.75, 3.05) is 30.4 Å². The van der Waals surface area contributed by atoms with Gasteiger partial charge in [-0.2, -0.15) is 4.98 Å². The SMILES string of the molecule is Nc1nc(=O)n(C2CC(O)C(COP(P)P)O2)cc1C#CCNC(=O)CCSSCCCC(N)C(=O)NC(CC(=O)O)C(=O)NC(CC(=O)O)C(=O)O. The summed E-state index contributed by atoms with van der Waals surface area (Å²) in [6.45, 7) is 0.148. The quantitative estimate of drug-likeness (QED) is 0.0287. The Hall–Kier alpha value is -3.11. The molecule has 1 aliphatic rings. The first-order chi connectivity index (χ1) is 25.0. The van der Waals surface area contributed by atoms with Crippen LogP contribution in [0.5, 0.6) is 0 Å². The summed E-state index contributed by atoms with van der Waals surface area (Å²) in [5, 5.41) is 44.1. The lowest BCUT2D eigenvalue weighted by molar-refractivity contribution is -0.148. The minimum absolute atomic E-state index is 0.00227. The first-order valence-electron chi connectivity index (χ1n) is 15.7. The van der Waals surface area contributed by atoms with Gasteiger partial charge < -0.3 is 57.1 Å². The molecule has 8 atom stereocenters. The minimum Gasteiger partial charge on any atom is -0.481 e. The Morgan fingerprint density at radius 1 is 1.08 bits per heavy atom. The van der Waals surface area contributed by atoms with Crippen molar-refractivity contribution in [3.05, 3.63) is 22.2 Å². The fourth-order valence-corrected chi connectivity index (χ4v) is 7.34. The van der Waals surface area contributed by atoms with Crippen LogP contribution in [0.3, 0.4) is 0 Å². The van der Waals surface area contributed by atoms with E-state index in [1.165, 1.54) is 32.4 Å². The number of amides is 3. The Kier molecular flexibility index (Phi) is 20.5. The number of aromatic nitrogens is 2. The summed E-state index contributed by atoms with van der Waals surface area (Å²) in [7, 11) is 7.02. The van der Waals surface area contributed by atoms with Crippen LogP contribution in [0.1, 0.15) is 50.3 Å². The number of anilines is 1. The fraction of sp³-hybridized carbons (Fsp3) is 0.571. The highest BCUT2D eigenvalue weighted by molar-refractivity contribution is 8.76. The van der Waals surface area contributed by atoms with Crippen LogP contribution in [-0.2, 0) is 38.0 Å². The third-order valence-corrected chi connectivity index (χ3v) is 10.9. The number of nitrogens with two attached hydrogens (primary N) is 2. The van der Waals surface area contributed by atoms with Crippen LogP contribution >= 0.6 is 47.0 Å². The summed E-state index contributed by atoms with van der Waals surface area (Å²) >= 11 is 0. The van der Waals surface area contributed by atoms with E-state index in [0.717, 1.165) is 0 Å². The van der Waals surface area contributed by atoms with Crippen molar-refractivity contribution in [1.29, 1.82) is 0 Å². The van der Waals surface area contributed by atoms with Crippen LogP contribution < -0.4 is 33.1 Å². The maximum absolute atomic E-state index is 12.5. The van der Waals surface area contributed by atoms with E-state index in [-0.39, 0.29) is 49.7 Å². The number of aliphatic hydroxyl groups excluding tert-OH is 1. The van der Waals surface area contributed by atoms with Gasteiger partial charge in [-0.25, -0.2) is 9.59 Å². The molecule has 2 heterocycles. The summed E-state index contributed by atoms with van der Waals surface area (Å²) in [6, 6.07) is -4.64. The number of nitrogens with one attached hydrogen (secondary N) is 3. The van der Waals surface area contributed by atoms with Gasteiger partial charge in [0.25, 0.3) is 0 Å². The number of carbonyl (C=O) groups is 6. The van der Waals surface area contributed by atoms with Crippen molar-refractivity contribution in [3.8, 4) is 11.8 Å². The van der Waals surface area contributed by atoms with E-state index in [1.807, 2.05) is 5.32 Å². The number of ether oxygens (including phenoxy) is 1. The summed E-state index contributed by atoms with van der Waals surface area (Å²) in [4.78, 5) is 86.7. The van der Waals surface area contributed by atoms with Crippen molar-refractivity contribution in [2.45, 2.75) is 75.1 Å². The average Bonchev–Trinajstić information content (AvgIpc) is 3.44. The molecule has 2 rings (SSSR count). The van der Waals surface area contributed by atoms with E-state index in [4.69, 9.17) is 36.0 Å². The summed E-state index contributed by atoms with van der Waals surface area (Å²) in [5.74, 6) is -0.483. The fourth-order valence-electron chi connectivity index (χ4n) is 4.41. The summed E-state index contributed by atoms with van der Waals surface area (Å²) in [6.07, 6.45) is -1.77. The Labute approximate surface area is 316 Å². The van der Waals surface area contributed by atoms with Crippen LogP contribution in [0.2, 0.25) is 0 Å². The molecular formula is C28H42N7O13P3S2. The van der Waals surface area contributed by atoms with Gasteiger partial charge in [0.2, 0.25) is 17.7 Å². The molecule has 0 aromatic carbocycles. The second-order valence-corrected chi connectivity index (χ2v) is 19.7. The molecule has 11 N–H and O–H groups in total. The van der Waals surface area contributed by atoms with Gasteiger partial charge >= 0.3 is 23.6 Å². The second-order valence-electron chi connectivity index (χ2n) is 11.2. The van der Waals surface area contributed by atoms with Crippen molar-refractivity contribution >= 4 is 88.4 Å². The lowest BCUT2D eigenvalue weighted by atomic mass is 10.1. The first kappa shape index (κ1) is 46.0. The van der Waals surface area contributed by atoms with Gasteiger partial charge in [0.05, 0.1) is 51.2 Å². The molecule has 3 amide bonds.